The van der Waals surface area contributed by atoms with Crippen molar-refractivity contribution in [2.45, 2.75) is 46.1 Å². The zero-order valence-corrected chi connectivity index (χ0v) is 13.6. The minimum atomic E-state index is 0.304. The third-order valence-corrected chi connectivity index (χ3v) is 3.42. The normalized spacial score (nSPS) is 11.1. The van der Waals surface area contributed by atoms with Crippen LogP contribution in [0.5, 0.6) is 5.75 Å². The van der Waals surface area contributed by atoms with Crippen molar-refractivity contribution in [3.63, 3.8) is 0 Å². The van der Waals surface area contributed by atoms with E-state index in [1.807, 2.05) is 12.1 Å². The summed E-state index contributed by atoms with van der Waals surface area (Å²) in [6.45, 7) is 6.67. The smallest absolute Gasteiger partial charge is 0.264 e. The summed E-state index contributed by atoms with van der Waals surface area (Å²) in [5, 5.41) is 3.92. The van der Waals surface area contributed by atoms with Gasteiger partial charge in [0.25, 0.3) is 5.89 Å². The van der Waals surface area contributed by atoms with E-state index in [0.717, 1.165) is 34.5 Å². The first-order valence-electron chi connectivity index (χ1n) is 6.83. The van der Waals surface area contributed by atoms with Crippen LogP contribution in [0.4, 0.5) is 0 Å². The summed E-state index contributed by atoms with van der Waals surface area (Å²) < 4.78 is 12.0. The molecule has 0 saturated heterocycles. The Hall–Kier alpha value is -1.36. The number of rotatable bonds is 6. The number of hydrogen-bond acceptors (Lipinski definition) is 4. The first-order chi connectivity index (χ1) is 9.60. The summed E-state index contributed by atoms with van der Waals surface area (Å²) in [5.74, 6) is 2.51. The third kappa shape index (κ3) is 3.82. The van der Waals surface area contributed by atoms with Gasteiger partial charge in [0.1, 0.15) is 5.75 Å². The van der Waals surface area contributed by atoms with Gasteiger partial charge in [0.2, 0.25) is 0 Å². The molecule has 4 nitrogen and oxygen atoms in total. The van der Waals surface area contributed by atoms with Gasteiger partial charge in [-0.2, -0.15) is 4.98 Å². The Labute approximate surface area is 127 Å². The second-order valence-corrected chi connectivity index (χ2v) is 5.90. The van der Waals surface area contributed by atoms with Crippen LogP contribution in [-0.4, -0.2) is 10.1 Å². The topological polar surface area (TPSA) is 48.2 Å². The van der Waals surface area contributed by atoms with Gasteiger partial charge in [-0.05, 0) is 36.1 Å². The van der Waals surface area contributed by atoms with E-state index >= 15 is 0 Å². The molecule has 2 rings (SSSR count). The summed E-state index contributed by atoms with van der Waals surface area (Å²) in [5.41, 5.74) is 1.16. The molecule has 0 spiro atoms. The van der Waals surface area contributed by atoms with Crippen LogP contribution in [0.1, 0.15) is 50.4 Å². The molecule has 0 unspecified atom stereocenters. The minimum absolute atomic E-state index is 0.304. The van der Waals surface area contributed by atoms with Crippen molar-refractivity contribution in [2.75, 3.05) is 0 Å². The lowest BCUT2D eigenvalue weighted by Gasteiger charge is -2.13. The van der Waals surface area contributed by atoms with Gasteiger partial charge < -0.3 is 9.26 Å². The lowest BCUT2D eigenvalue weighted by Crippen LogP contribution is -2.00. The molecule has 0 amide bonds. The quantitative estimate of drug-likeness (QED) is 0.778. The molecule has 0 aliphatic heterocycles. The fourth-order valence-corrected chi connectivity index (χ4v) is 2.29. The van der Waals surface area contributed by atoms with Gasteiger partial charge in [-0.15, -0.1) is 0 Å². The number of ether oxygens (including phenoxy) is 1. The summed E-state index contributed by atoms with van der Waals surface area (Å²) in [4.78, 5) is 4.30. The zero-order valence-electron chi connectivity index (χ0n) is 12.0. The van der Waals surface area contributed by atoms with Crippen molar-refractivity contribution >= 4 is 15.9 Å². The lowest BCUT2D eigenvalue weighted by atomic mass is 10.0. The van der Waals surface area contributed by atoms with Gasteiger partial charge in [-0.1, -0.05) is 41.9 Å². The molecule has 1 heterocycles. The third-order valence-electron chi connectivity index (χ3n) is 2.93. The Morgan fingerprint density at radius 1 is 1.35 bits per heavy atom. The van der Waals surface area contributed by atoms with Gasteiger partial charge in [-0.3, -0.25) is 0 Å². The van der Waals surface area contributed by atoms with E-state index in [-0.39, 0.29) is 0 Å². The lowest BCUT2D eigenvalue weighted by molar-refractivity contribution is 0.240. The van der Waals surface area contributed by atoms with Crippen LogP contribution in [0.25, 0.3) is 0 Å². The van der Waals surface area contributed by atoms with Gasteiger partial charge in [-0.25, -0.2) is 0 Å². The second-order valence-electron chi connectivity index (χ2n) is 4.98. The SMILES string of the molecule is CCCc1noc(COc2ccc(Br)cc2C(C)C)n1. The molecule has 0 N–H and O–H groups in total. The van der Waals surface area contributed by atoms with Crippen molar-refractivity contribution in [1.29, 1.82) is 0 Å². The van der Waals surface area contributed by atoms with Crippen LogP contribution in [-0.2, 0) is 13.0 Å². The van der Waals surface area contributed by atoms with E-state index in [4.69, 9.17) is 9.26 Å². The predicted octanol–water partition coefficient (Wildman–Crippen LogP) is 4.49. The fraction of sp³-hybridized carbons (Fsp3) is 0.467. The summed E-state index contributed by atoms with van der Waals surface area (Å²) in [7, 11) is 0. The van der Waals surface area contributed by atoms with Crippen molar-refractivity contribution in [2.24, 2.45) is 0 Å². The number of halogens is 1. The molecule has 0 atom stereocenters. The minimum Gasteiger partial charge on any atom is -0.483 e. The van der Waals surface area contributed by atoms with E-state index in [0.29, 0.717) is 18.4 Å². The predicted molar refractivity (Wildman–Crippen MR) is 80.9 cm³/mol. The number of aromatic nitrogens is 2. The summed E-state index contributed by atoms with van der Waals surface area (Å²) in [6.07, 6.45) is 1.84. The molecule has 0 aliphatic rings. The first-order valence-corrected chi connectivity index (χ1v) is 7.63. The molecular weight excluding hydrogens is 320 g/mol. The monoisotopic (exact) mass is 338 g/mol. The summed E-state index contributed by atoms with van der Waals surface area (Å²) >= 11 is 3.48. The molecule has 0 bridgehead atoms. The molecule has 5 heteroatoms. The van der Waals surface area contributed by atoms with Crippen molar-refractivity contribution in [1.82, 2.24) is 10.1 Å². The van der Waals surface area contributed by atoms with E-state index in [1.165, 1.54) is 0 Å². The Morgan fingerprint density at radius 2 is 2.15 bits per heavy atom. The average Bonchev–Trinajstić information content (AvgIpc) is 2.85. The van der Waals surface area contributed by atoms with Crippen LogP contribution in [0.3, 0.4) is 0 Å². The van der Waals surface area contributed by atoms with E-state index in [9.17, 15) is 0 Å². The molecule has 2 aromatic rings. The van der Waals surface area contributed by atoms with Crippen molar-refractivity contribution in [3.8, 4) is 5.75 Å². The molecule has 1 aromatic carbocycles. The molecular formula is C15H19BrN2O2. The van der Waals surface area contributed by atoms with Crippen molar-refractivity contribution in [3.05, 3.63) is 40.0 Å². The largest absolute Gasteiger partial charge is 0.483 e. The molecule has 0 fully saturated rings. The molecule has 0 saturated carbocycles. The number of benzene rings is 1. The van der Waals surface area contributed by atoms with Gasteiger partial charge in [0, 0.05) is 10.9 Å². The standard InChI is InChI=1S/C15H19BrN2O2/c1-4-5-14-17-15(20-18-14)9-19-13-7-6-11(16)8-12(13)10(2)3/h6-8,10H,4-5,9H2,1-3H3. The van der Waals surface area contributed by atoms with Crippen LogP contribution in [0, 0.1) is 0 Å². The highest BCUT2D eigenvalue weighted by atomic mass is 79.9. The van der Waals surface area contributed by atoms with Gasteiger partial charge in [0.05, 0.1) is 0 Å². The van der Waals surface area contributed by atoms with Crippen LogP contribution >= 0.6 is 15.9 Å². The highest BCUT2D eigenvalue weighted by molar-refractivity contribution is 9.10. The average molecular weight is 339 g/mol. The van der Waals surface area contributed by atoms with Crippen LogP contribution in [0.2, 0.25) is 0 Å². The molecule has 108 valence electrons. The van der Waals surface area contributed by atoms with Gasteiger partial charge in [0.15, 0.2) is 12.4 Å². The second kappa shape index (κ2) is 6.88. The Morgan fingerprint density at radius 3 is 2.85 bits per heavy atom. The van der Waals surface area contributed by atoms with E-state index < -0.39 is 0 Å². The molecule has 0 aliphatic carbocycles. The number of hydrogen-bond donors (Lipinski definition) is 0. The Balaban J connectivity index is 2.06. The maximum atomic E-state index is 5.81. The van der Waals surface area contributed by atoms with Gasteiger partial charge >= 0.3 is 0 Å². The highest BCUT2D eigenvalue weighted by Crippen LogP contribution is 2.30. The molecule has 0 radical (unpaired) electrons. The number of nitrogens with zero attached hydrogens (tertiary/aromatic N) is 2. The molecule has 20 heavy (non-hydrogen) atoms. The molecule has 1 aromatic heterocycles. The number of aryl methyl sites for hydroxylation is 1. The highest BCUT2D eigenvalue weighted by Gasteiger charge is 2.11. The maximum Gasteiger partial charge on any atom is 0.264 e. The Kier molecular flexibility index (Phi) is 5.17. The first kappa shape index (κ1) is 15.0. The van der Waals surface area contributed by atoms with E-state index in [1.54, 1.807) is 0 Å². The zero-order chi connectivity index (χ0) is 14.5. The maximum absolute atomic E-state index is 5.81. The van der Waals surface area contributed by atoms with Crippen molar-refractivity contribution < 1.29 is 9.26 Å². The van der Waals surface area contributed by atoms with Crippen LogP contribution < -0.4 is 4.74 Å². The Bertz CT molecular complexity index is 567. The van der Waals surface area contributed by atoms with Crippen LogP contribution in [0.15, 0.2) is 27.2 Å². The van der Waals surface area contributed by atoms with E-state index in [2.05, 4.69) is 52.9 Å². The fourth-order valence-electron chi connectivity index (χ4n) is 1.92. The summed E-state index contributed by atoms with van der Waals surface area (Å²) in [6, 6.07) is 6.01.